The van der Waals surface area contributed by atoms with Crippen LogP contribution in [0, 0.1) is 17.2 Å². The lowest BCUT2D eigenvalue weighted by Crippen LogP contribution is -2.54. The van der Waals surface area contributed by atoms with Crippen LogP contribution < -0.4 is 10.6 Å². The summed E-state index contributed by atoms with van der Waals surface area (Å²) < 4.78 is 14.2. The molecule has 1 fully saturated rings. The van der Waals surface area contributed by atoms with Crippen molar-refractivity contribution in [2.75, 3.05) is 11.4 Å². The smallest absolute Gasteiger partial charge is 0.196 e. The minimum absolute atomic E-state index is 0.171. The number of anilines is 1. The van der Waals surface area contributed by atoms with Gasteiger partial charge in [-0.3, -0.25) is 4.99 Å². The molecular weight excluding hydrogens is 253 g/mol. The van der Waals surface area contributed by atoms with Gasteiger partial charge >= 0.3 is 0 Å². The lowest BCUT2D eigenvalue weighted by molar-refractivity contribution is 0.340. The Hall–Kier alpha value is -1.58. The third-order valence-corrected chi connectivity index (χ3v) is 4.84. The normalized spacial score (nSPS) is 31.9. The maximum Gasteiger partial charge on any atom is 0.196 e. The summed E-state index contributed by atoms with van der Waals surface area (Å²) in [4.78, 5) is 6.39. The molecule has 1 aliphatic carbocycles. The molecule has 0 amide bonds. The SMILES string of the molecule is CC1CC(C)(C)CC12CN=C(N)N2c1ccccc1F. The van der Waals surface area contributed by atoms with Crippen molar-refractivity contribution in [2.24, 2.45) is 22.1 Å². The molecule has 3 rings (SSSR count). The van der Waals surface area contributed by atoms with E-state index in [1.807, 2.05) is 11.0 Å². The van der Waals surface area contributed by atoms with Crippen LogP contribution in [-0.2, 0) is 0 Å². The molecule has 1 saturated carbocycles. The van der Waals surface area contributed by atoms with Crippen LogP contribution in [0.15, 0.2) is 29.3 Å². The Morgan fingerprint density at radius 2 is 2.05 bits per heavy atom. The van der Waals surface area contributed by atoms with Gasteiger partial charge in [0.25, 0.3) is 0 Å². The van der Waals surface area contributed by atoms with Crippen LogP contribution in [0.2, 0.25) is 0 Å². The molecule has 0 radical (unpaired) electrons. The summed E-state index contributed by atoms with van der Waals surface area (Å²) >= 11 is 0. The molecule has 0 bridgehead atoms. The topological polar surface area (TPSA) is 41.6 Å². The number of nitrogens with zero attached hydrogens (tertiary/aromatic N) is 2. The molecule has 1 aromatic rings. The molecule has 4 heteroatoms. The van der Waals surface area contributed by atoms with E-state index in [9.17, 15) is 4.39 Å². The van der Waals surface area contributed by atoms with Gasteiger partial charge in [-0.05, 0) is 36.3 Å². The Kier molecular flexibility index (Phi) is 2.82. The van der Waals surface area contributed by atoms with Gasteiger partial charge in [-0.15, -0.1) is 0 Å². The lowest BCUT2D eigenvalue weighted by atomic mass is 9.85. The van der Waals surface area contributed by atoms with Crippen molar-refractivity contribution in [1.29, 1.82) is 0 Å². The van der Waals surface area contributed by atoms with E-state index in [2.05, 4.69) is 25.8 Å². The highest BCUT2D eigenvalue weighted by molar-refractivity contribution is 5.98. The van der Waals surface area contributed by atoms with Gasteiger partial charge in [0.2, 0.25) is 0 Å². The molecule has 1 spiro atoms. The molecule has 2 unspecified atom stereocenters. The molecule has 1 aromatic carbocycles. The zero-order valence-electron chi connectivity index (χ0n) is 12.4. The Morgan fingerprint density at radius 1 is 1.35 bits per heavy atom. The number of rotatable bonds is 1. The highest BCUT2D eigenvalue weighted by Gasteiger charge is 2.55. The van der Waals surface area contributed by atoms with E-state index in [0.717, 1.165) is 12.8 Å². The summed E-state index contributed by atoms with van der Waals surface area (Å²) in [6, 6.07) is 6.83. The number of para-hydroxylation sites is 1. The van der Waals surface area contributed by atoms with Gasteiger partial charge < -0.3 is 10.6 Å². The van der Waals surface area contributed by atoms with Crippen LogP contribution in [-0.4, -0.2) is 18.0 Å². The fourth-order valence-electron chi connectivity index (χ4n) is 4.19. The number of hydrogen-bond acceptors (Lipinski definition) is 3. The van der Waals surface area contributed by atoms with Crippen molar-refractivity contribution >= 4 is 11.6 Å². The average Bonchev–Trinajstić information content (AvgIpc) is 2.79. The van der Waals surface area contributed by atoms with Crippen LogP contribution in [0.1, 0.15) is 33.6 Å². The molecule has 108 valence electrons. The summed E-state index contributed by atoms with van der Waals surface area (Å²) in [6.07, 6.45) is 2.10. The van der Waals surface area contributed by atoms with Gasteiger partial charge in [-0.1, -0.05) is 32.9 Å². The average molecular weight is 275 g/mol. The molecule has 0 aromatic heterocycles. The maximum atomic E-state index is 14.2. The van der Waals surface area contributed by atoms with Crippen LogP contribution in [0.3, 0.4) is 0 Å². The minimum atomic E-state index is -0.233. The monoisotopic (exact) mass is 275 g/mol. The zero-order valence-corrected chi connectivity index (χ0v) is 12.4. The van der Waals surface area contributed by atoms with Crippen molar-refractivity contribution < 1.29 is 4.39 Å². The van der Waals surface area contributed by atoms with Crippen molar-refractivity contribution in [3.05, 3.63) is 30.1 Å². The predicted octanol–water partition coefficient (Wildman–Crippen LogP) is 3.16. The minimum Gasteiger partial charge on any atom is -0.369 e. The predicted molar refractivity (Wildman–Crippen MR) is 80.3 cm³/mol. The molecule has 20 heavy (non-hydrogen) atoms. The third-order valence-electron chi connectivity index (χ3n) is 4.84. The molecule has 1 heterocycles. The summed E-state index contributed by atoms with van der Waals surface area (Å²) in [6.45, 7) is 7.44. The summed E-state index contributed by atoms with van der Waals surface area (Å²) in [7, 11) is 0. The van der Waals surface area contributed by atoms with E-state index in [0.29, 0.717) is 24.1 Å². The molecule has 2 aliphatic rings. The first-order chi connectivity index (χ1) is 9.36. The Bertz CT molecular complexity index is 567. The Labute approximate surface area is 119 Å². The Morgan fingerprint density at radius 3 is 2.65 bits per heavy atom. The van der Waals surface area contributed by atoms with Gasteiger partial charge in [0, 0.05) is 0 Å². The van der Waals surface area contributed by atoms with Gasteiger partial charge in [-0.25, -0.2) is 4.39 Å². The fraction of sp³-hybridized carbons (Fsp3) is 0.562. The summed E-state index contributed by atoms with van der Waals surface area (Å²) in [5.74, 6) is 0.644. The molecular formula is C16H22FN3. The standard InChI is InChI=1S/C16H22FN3/c1-11-8-15(2,3)9-16(11)10-19-14(18)20(16)13-7-5-4-6-12(13)17/h4-7,11H,8-10H2,1-3H3,(H2,18,19). The highest BCUT2D eigenvalue weighted by Crippen LogP contribution is 2.53. The second kappa shape index (κ2) is 4.21. The van der Waals surface area contributed by atoms with Crippen molar-refractivity contribution in [3.63, 3.8) is 0 Å². The quantitative estimate of drug-likeness (QED) is 0.855. The highest BCUT2D eigenvalue weighted by atomic mass is 19.1. The fourth-order valence-corrected chi connectivity index (χ4v) is 4.19. The van der Waals surface area contributed by atoms with Gasteiger partial charge in [0.05, 0.1) is 17.8 Å². The number of guanidine groups is 1. The molecule has 1 aliphatic heterocycles. The number of benzene rings is 1. The number of nitrogens with two attached hydrogens (primary N) is 1. The number of aliphatic imine (C=N–C) groups is 1. The van der Waals surface area contributed by atoms with E-state index < -0.39 is 0 Å². The molecule has 2 N–H and O–H groups in total. The van der Waals surface area contributed by atoms with E-state index >= 15 is 0 Å². The Balaban J connectivity index is 2.08. The van der Waals surface area contributed by atoms with E-state index in [1.165, 1.54) is 6.07 Å². The lowest BCUT2D eigenvalue weighted by Gasteiger charge is -2.40. The summed E-state index contributed by atoms with van der Waals surface area (Å²) in [5, 5.41) is 0. The maximum absolute atomic E-state index is 14.2. The summed E-state index contributed by atoms with van der Waals surface area (Å²) in [5.41, 5.74) is 6.71. The van der Waals surface area contributed by atoms with Crippen molar-refractivity contribution in [3.8, 4) is 0 Å². The first-order valence-electron chi connectivity index (χ1n) is 7.20. The largest absolute Gasteiger partial charge is 0.369 e. The van der Waals surface area contributed by atoms with E-state index in [1.54, 1.807) is 12.1 Å². The van der Waals surface area contributed by atoms with Crippen molar-refractivity contribution in [2.45, 2.75) is 39.2 Å². The third kappa shape index (κ3) is 1.81. The van der Waals surface area contributed by atoms with Crippen LogP contribution in [0.5, 0.6) is 0 Å². The van der Waals surface area contributed by atoms with Gasteiger partial charge in [-0.2, -0.15) is 0 Å². The van der Waals surface area contributed by atoms with E-state index in [-0.39, 0.29) is 16.8 Å². The van der Waals surface area contributed by atoms with Crippen LogP contribution in [0.25, 0.3) is 0 Å². The molecule has 2 atom stereocenters. The second-order valence-corrected chi connectivity index (χ2v) is 7.01. The van der Waals surface area contributed by atoms with Gasteiger partial charge in [0.15, 0.2) is 5.96 Å². The molecule has 0 saturated heterocycles. The first-order valence-corrected chi connectivity index (χ1v) is 7.20. The first kappa shape index (κ1) is 13.4. The number of hydrogen-bond donors (Lipinski definition) is 1. The van der Waals surface area contributed by atoms with Crippen LogP contribution in [0.4, 0.5) is 10.1 Å². The zero-order chi connectivity index (χ0) is 14.5. The van der Waals surface area contributed by atoms with Gasteiger partial charge in [0.1, 0.15) is 5.82 Å². The molecule has 3 nitrogen and oxygen atoms in total. The number of halogens is 1. The second-order valence-electron chi connectivity index (χ2n) is 7.01. The van der Waals surface area contributed by atoms with E-state index in [4.69, 9.17) is 5.73 Å². The van der Waals surface area contributed by atoms with Crippen LogP contribution >= 0.6 is 0 Å². The van der Waals surface area contributed by atoms with Crippen molar-refractivity contribution in [1.82, 2.24) is 0 Å².